The van der Waals surface area contributed by atoms with Crippen LogP contribution in [0.4, 0.5) is 5.82 Å². The Balaban J connectivity index is 0.000000868. The minimum absolute atomic E-state index is 0.294. The summed E-state index contributed by atoms with van der Waals surface area (Å²) in [5.74, 6) is 0.275. The number of nitrogens with one attached hydrogen (secondary N) is 1. The van der Waals surface area contributed by atoms with E-state index in [0.717, 1.165) is 22.5 Å². The fourth-order valence-corrected chi connectivity index (χ4v) is 3.39. The number of benzene rings is 2. The van der Waals surface area contributed by atoms with Crippen LogP contribution < -0.4 is 5.32 Å². The second-order valence-corrected chi connectivity index (χ2v) is 7.63. The SMILES string of the molecule is Cc1ccc(-c2cc(NC(=O)c3cnn4cccnc34)n(-c3ccc(C)cc3)n2)cc1.O=S=O. The number of nitrogens with zero attached hydrogens (tertiary/aromatic N) is 5. The highest BCUT2D eigenvalue weighted by Gasteiger charge is 2.18. The number of aromatic nitrogens is 5. The van der Waals surface area contributed by atoms with Crippen molar-refractivity contribution in [3.63, 3.8) is 0 Å². The quantitative estimate of drug-likeness (QED) is 0.426. The number of anilines is 1. The van der Waals surface area contributed by atoms with Crippen LogP contribution in [0.25, 0.3) is 22.6 Å². The third kappa shape index (κ3) is 4.81. The zero-order chi connectivity index (χ0) is 24.1. The van der Waals surface area contributed by atoms with E-state index in [2.05, 4.69) is 15.4 Å². The molecule has 0 fully saturated rings. The molecule has 34 heavy (non-hydrogen) atoms. The Morgan fingerprint density at radius 1 is 0.971 bits per heavy atom. The van der Waals surface area contributed by atoms with Gasteiger partial charge < -0.3 is 5.32 Å². The number of hydrogen-bond acceptors (Lipinski definition) is 6. The lowest BCUT2D eigenvalue weighted by Crippen LogP contribution is -2.15. The number of carbonyl (C=O) groups is 1. The highest BCUT2D eigenvalue weighted by molar-refractivity contribution is 7.51. The minimum Gasteiger partial charge on any atom is -0.306 e. The summed E-state index contributed by atoms with van der Waals surface area (Å²) >= 11 is -0.750. The molecule has 5 aromatic rings. The minimum atomic E-state index is -0.750. The summed E-state index contributed by atoms with van der Waals surface area (Å²) in [4.78, 5) is 17.3. The van der Waals surface area contributed by atoms with Gasteiger partial charge in [-0.05, 0) is 32.0 Å². The number of rotatable bonds is 4. The lowest BCUT2D eigenvalue weighted by atomic mass is 10.1. The van der Waals surface area contributed by atoms with Crippen molar-refractivity contribution in [3.8, 4) is 16.9 Å². The van der Waals surface area contributed by atoms with Gasteiger partial charge in [0.05, 0.1) is 17.6 Å². The number of carbonyl (C=O) groups excluding carboxylic acids is 1. The Bertz CT molecular complexity index is 1480. The first-order chi connectivity index (χ1) is 16.5. The molecule has 0 aliphatic heterocycles. The van der Waals surface area contributed by atoms with Gasteiger partial charge >= 0.3 is 11.6 Å². The van der Waals surface area contributed by atoms with Crippen LogP contribution in [0, 0.1) is 13.8 Å². The maximum atomic E-state index is 13.1. The maximum absolute atomic E-state index is 13.1. The van der Waals surface area contributed by atoms with E-state index in [9.17, 15) is 4.79 Å². The van der Waals surface area contributed by atoms with E-state index in [1.807, 2.05) is 68.4 Å². The van der Waals surface area contributed by atoms with Crippen LogP contribution in [0.1, 0.15) is 21.5 Å². The average molecular weight is 473 g/mol. The van der Waals surface area contributed by atoms with Gasteiger partial charge in [-0.25, -0.2) is 14.2 Å². The average Bonchev–Trinajstić information content (AvgIpc) is 3.45. The van der Waals surface area contributed by atoms with E-state index in [1.165, 1.54) is 11.8 Å². The third-order valence-corrected chi connectivity index (χ3v) is 5.10. The number of amides is 1. The van der Waals surface area contributed by atoms with Crippen molar-refractivity contribution in [1.29, 1.82) is 0 Å². The van der Waals surface area contributed by atoms with Crippen LogP contribution >= 0.6 is 0 Å². The fraction of sp³-hybridized carbons (Fsp3) is 0.0833. The molecule has 10 heteroatoms. The molecule has 3 heterocycles. The third-order valence-electron chi connectivity index (χ3n) is 5.10. The smallest absolute Gasteiger partial charge is 0.306 e. The Morgan fingerprint density at radius 2 is 1.62 bits per heavy atom. The molecule has 0 radical (unpaired) electrons. The molecule has 0 atom stereocenters. The van der Waals surface area contributed by atoms with Crippen molar-refractivity contribution in [2.45, 2.75) is 13.8 Å². The van der Waals surface area contributed by atoms with Gasteiger partial charge in [0.2, 0.25) is 0 Å². The molecule has 2 aromatic carbocycles. The van der Waals surface area contributed by atoms with Crippen LogP contribution in [0.3, 0.4) is 0 Å². The van der Waals surface area contributed by atoms with Crippen molar-refractivity contribution < 1.29 is 13.2 Å². The van der Waals surface area contributed by atoms with E-state index in [-0.39, 0.29) is 5.91 Å². The van der Waals surface area contributed by atoms with E-state index in [0.29, 0.717) is 17.0 Å². The van der Waals surface area contributed by atoms with Crippen LogP contribution in [0.15, 0.2) is 79.3 Å². The Kier molecular flexibility index (Phi) is 6.69. The molecule has 0 saturated carbocycles. The van der Waals surface area contributed by atoms with Gasteiger partial charge in [0, 0.05) is 24.0 Å². The van der Waals surface area contributed by atoms with Gasteiger partial charge in [-0.2, -0.15) is 18.6 Å². The molecule has 0 spiro atoms. The largest absolute Gasteiger partial charge is 0.335 e. The predicted octanol–water partition coefficient (Wildman–Crippen LogP) is 3.78. The Labute approximate surface area is 198 Å². The number of hydrogen-bond donors (Lipinski definition) is 1. The van der Waals surface area contributed by atoms with Crippen molar-refractivity contribution in [2.75, 3.05) is 5.32 Å². The van der Waals surface area contributed by atoms with Gasteiger partial charge in [0.15, 0.2) is 5.65 Å². The molecule has 170 valence electrons. The zero-order valence-electron chi connectivity index (χ0n) is 18.4. The number of aryl methyl sites for hydroxylation is 2. The molecular formula is C24H20N6O3S. The van der Waals surface area contributed by atoms with Crippen molar-refractivity contribution in [3.05, 3.63) is 95.9 Å². The molecule has 0 unspecified atom stereocenters. The van der Waals surface area contributed by atoms with Crippen LogP contribution in [-0.2, 0) is 11.6 Å². The van der Waals surface area contributed by atoms with E-state index in [1.54, 1.807) is 27.7 Å². The van der Waals surface area contributed by atoms with Crippen molar-refractivity contribution in [1.82, 2.24) is 24.4 Å². The van der Waals surface area contributed by atoms with Crippen LogP contribution in [-0.4, -0.2) is 38.7 Å². The highest BCUT2D eigenvalue weighted by atomic mass is 32.1. The molecule has 1 N–H and O–H groups in total. The normalized spacial score (nSPS) is 10.4. The summed E-state index contributed by atoms with van der Waals surface area (Å²) in [6.45, 7) is 4.08. The fourth-order valence-electron chi connectivity index (χ4n) is 3.39. The molecule has 3 aromatic heterocycles. The highest BCUT2D eigenvalue weighted by Crippen LogP contribution is 2.26. The van der Waals surface area contributed by atoms with Crippen LogP contribution in [0.2, 0.25) is 0 Å². The summed E-state index contributed by atoms with van der Waals surface area (Å²) in [5, 5.41) is 12.0. The van der Waals surface area contributed by atoms with Gasteiger partial charge in [-0.15, -0.1) is 0 Å². The molecule has 0 aliphatic carbocycles. The second kappa shape index (κ2) is 10.0. The monoisotopic (exact) mass is 472 g/mol. The summed E-state index contributed by atoms with van der Waals surface area (Å²) in [7, 11) is 0. The lowest BCUT2D eigenvalue weighted by molar-refractivity contribution is 0.102. The standard InChI is InChI=1S/C24H20N6O.O2S/c1-16-4-8-18(9-5-16)21-14-22(30(28-21)19-10-6-17(2)7-11-19)27-24(31)20-15-26-29-13-3-12-25-23(20)29;1-3-2/h3-15H,1-2H3,(H,27,31);. The van der Waals surface area contributed by atoms with E-state index >= 15 is 0 Å². The summed E-state index contributed by atoms with van der Waals surface area (Å²) in [6, 6.07) is 19.8. The first kappa shape index (κ1) is 22.7. The molecule has 5 rings (SSSR count). The maximum Gasteiger partial charge on any atom is 0.335 e. The lowest BCUT2D eigenvalue weighted by Gasteiger charge is -2.08. The van der Waals surface area contributed by atoms with E-state index < -0.39 is 11.6 Å². The molecule has 1 amide bonds. The molecular weight excluding hydrogens is 452 g/mol. The predicted molar refractivity (Wildman–Crippen MR) is 128 cm³/mol. The molecule has 0 aliphatic rings. The van der Waals surface area contributed by atoms with Crippen molar-refractivity contribution >= 4 is 28.9 Å². The van der Waals surface area contributed by atoms with Crippen molar-refractivity contribution in [2.24, 2.45) is 0 Å². The summed E-state index contributed by atoms with van der Waals surface area (Å²) in [5.41, 5.74) is 5.83. The molecule has 0 bridgehead atoms. The first-order valence-corrected chi connectivity index (χ1v) is 10.9. The molecule has 0 saturated heterocycles. The van der Waals surface area contributed by atoms with Crippen LogP contribution in [0.5, 0.6) is 0 Å². The topological polar surface area (TPSA) is 111 Å². The molecule has 9 nitrogen and oxygen atoms in total. The Hall–Kier alpha value is -4.44. The van der Waals surface area contributed by atoms with E-state index in [4.69, 9.17) is 13.5 Å². The van der Waals surface area contributed by atoms with Gasteiger partial charge in [-0.3, -0.25) is 4.79 Å². The first-order valence-electron chi connectivity index (χ1n) is 10.3. The zero-order valence-corrected chi connectivity index (χ0v) is 19.2. The summed E-state index contributed by atoms with van der Waals surface area (Å²) < 4.78 is 19.9. The van der Waals surface area contributed by atoms with Gasteiger partial charge in [0.25, 0.3) is 5.91 Å². The van der Waals surface area contributed by atoms with Gasteiger partial charge in [-0.1, -0.05) is 47.5 Å². The van der Waals surface area contributed by atoms with Gasteiger partial charge in [0.1, 0.15) is 11.4 Å². The Morgan fingerprint density at radius 3 is 2.29 bits per heavy atom. The second-order valence-electron chi connectivity index (χ2n) is 7.50. The summed E-state index contributed by atoms with van der Waals surface area (Å²) in [6.07, 6.45) is 4.91. The number of fused-ring (bicyclic) bond motifs is 1.